The second-order valence-corrected chi connectivity index (χ2v) is 24.4. The number of ether oxygens (including phenoxy) is 4. The number of esters is 4. The maximum Gasteiger partial charge on any atom is 0.472 e. The van der Waals surface area contributed by atoms with Crippen LogP contribution in [-0.4, -0.2) is 96.7 Å². The van der Waals surface area contributed by atoms with Crippen molar-refractivity contribution >= 4 is 39.5 Å². The zero-order valence-electron chi connectivity index (χ0n) is 49.1. The van der Waals surface area contributed by atoms with E-state index in [2.05, 4.69) is 34.6 Å². The van der Waals surface area contributed by atoms with Crippen molar-refractivity contribution in [3.05, 3.63) is 0 Å². The van der Waals surface area contributed by atoms with Gasteiger partial charge in [-0.3, -0.25) is 37.3 Å². The molecule has 3 N–H and O–H groups in total. The summed E-state index contributed by atoms with van der Waals surface area (Å²) < 4.78 is 67.5. The van der Waals surface area contributed by atoms with E-state index in [1.807, 2.05) is 0 Å². The van der Waals surface area contributed by atoms with E-state index in [4.69, 9.17) is 37.0 Å². The van der Waals surface area contributed by atoms with Crippen LogP contribution in [0.25, 0.3) is 0 Å². The Labute approximate surface area is 467 Å². The summed E-state index contributed by atoms with van der Waals surface area (Å²) in [6, 6.07) is 0. The Morgan fingerprint density at radius 2 is 0.597 bits per heavy atom. The number of carbonyl (C=O) groups is 4. The molecule has 0 aromatic carbocycles. The molecule has 0 saturated carbocycles. The summed E-state index contributed by atoms with van der Waals surface area (Å²) in [5.41, 5.74) is 0. The van der Waals surface area contributed by atoms with Crippen LogP contribution in [0.1, 0.15) is 285 Å². The Hall–Kier alpha value is -1.94. The molecule has 19 heteroatoms. The van der Waals surface area contributed by atoms with Gasteiger partial charge in [-0.05, 0) is 31.6 Å². The molecule has 0 aromatic rings. The molecule has 17 nitrogen and oxygen atoms in total. The summed E-state index contributed by atoms with van der Waals surface area (Å²) in [7, 11) is -9.86. The van der Waals surface area contributed by atoms with E-state index in [1.54, 1.807) is 0 Å². The Kier molecular flexibility index (Phi) is 50.8. The van der Waals surface area contributed by atoms with Gasteiger partial charge in [0.15, 0.2) is 12.2 Å². The molecule has 0 aliphatic carbocycles. The van der Waals surface area contributed by atoms with Crippen LogP contribution in [0.5, 0.6) is 0 Å². The van der Waals surface area contributed by atoms with Crippen LogP contribution in [0.3, 0.4) is 0 Å². The van der Waals surface area contributed by atoms with E-state index < -0.39 is 97.5 Å². The Morgan fingerprint density at radius 1 is 0.351 bits per heavy atom. The second-order valence-electron chi connectivity index (χ2n) is 21.5. The monoisotopic (exact) mass is 1140 g/mol. The van der Waals surface area contributed by atoms with E-state index >= 15 is 0 Å². The molecule has 0 saturated heterocycles. The van der Waals surface area contributed by atoms with Crippen molar-refractivity contribution in [2.45, 2.75) is 303 Å². The lowest BCUT2D eigenvalue weighted by Crippen LogP contribution is -2.30. The molecular formula is C58H112O17P2. The third kappa shape index (κ3) is 53.2. The van der Waals surface area contributed by atoms with Crippen molar-refractivity contribution < 1.29 is 80.2 Å². The molecule has 0 amide bonds. The van der Waals surface area contributed by atoms with Crippen molar-refractivity contribution in [3.8, 4) is 0 Å². The highest BCUT2D eigenvalue weighted by Gasteiger charge is 2.30. The van der Waals surface area contributed by atoms with Crippen LogP contribution >= 0.6 is 15.6 Å². The Balaban J connectivity index is 5.15. The van der Waals surface area contributed by atoms with Gasteiger partial charge in [-0.1, -0.05) is 234 Å². The lowest BCUT2D eigenvalue weighted by molar-refractivity contribution is -0.161. The lowest BCUT2D eigenvalue weighted by Gasteiger charge is -2.21. The fraction of sp³-hybridized carbons (Fsp3) is 0.931. The van der Waals surface area contributed by atoms with Gasteiger partial charge in [-0.15, -0.1) is 0 Å². The summed E-state index contributed by atoms with van der Waals surface area (Å²) in [5.74, 6) is -1.48. The molecule has 77 heavy (non-hydrogen) atoms. The van der Waals surface area contributed by atoms with Gasteiger partial charge in [0.1, 0.15) is 19.3 Å². The first-order valence-electron chi connectivity index (χ1n) is 30.6. The minimum atomic E-state index is -4.94. The number of phosphoric ester groups is 2. The zero-order chi connectivity index (χ0) is 57.1. The van der Waals surface area contributed by atoms with Crippen LogP contribution in [0.4, 0.5) is 0 Å². The topological polar surface area (TPSA) is 237 Å². The Bertz CT molecular complexity index is 1520. The number of hydrogen-bond acceptors (Lipinski definition) is 15. The average Bonchev–Trinajstić information content (AvgIpc) is 3.39. The molecule has 0 aliphatic rings. The first kappa shape index (κ1) is 75.1. The highest BCUT2D eigenvalue weighted by Crippen LogP contribution is 2.45. The second kappa shape index (κ2) is 52.2. The molecule has 456 valence electrons. The van der Waals surface area contributed by atoms with E-state index in [0.717, 1.165) is 109 Å². The van der Waals surface area contributed by atoms with Crippen molar-refractivity contribution in [2.24, 2.45) is 5.92 Å². The highest BCUT2D eigenvalue weighted by molar-refractivity contribution is 7.47. The summed E-state index contributed by atoms with van der Waals surface area (Å²) in [4.78, 5) is 71.6. The smallest absolute Gasteiger partial charge is 0.462 e. The number of rotatable bonds is 58. The maximum atomic E-state index is 12.9. The van der Waals surface area contributed by atoms with Gasteiger partial charge in [-0.25, -0.2) is 9.13 Å². The van der Waals surface area contributed by atoms with Crippen LogP contribution in [0.15, 0.2) is 0 Å². The fourth-order valence-corrected chi connectivity index (χ4v) is 10.1. The van der Waals surface area contributed by atoms with Crippen molar-refractivity contribution in [2.75, 3.05) is 39.6 Å². The normalized spacial score (nSPS) is 14.4. The van der Waals surface area contributed by atoms with Gasteiger partial charge in [0, 0.05) is 25.7 Å². The van der Waals surface area contributed by atoms with Crippen molar-refractivity contribution in [1.29, 1.82) is 0 Å². The third-order valence-electron chi connectivity index (χ3n) is 13.3. The Morgan fingerprint density at radius 3 is 0.883 bits per heavy atom. The minimum absolute atomic E-state index is 0.104. The summed E-state index contributed by atoms with van der Waals surface area (Å²) >= 11 is 0. The van der Waals surface area contributed by atoms with E-state index in [1.165, 1.54) is 89.9 Å². The predicted molar refractivity (Wildman–Crippen MR) is 303 cm³/mol. The molecule has 0 aliphatic heterocycles. The van der Waals surface area contributed by atoms with Gasteiger partial charge in [0.25, 0.3) is 0 Å². The van der Waals surface area contributed by atoms with E-state index in [9.17, 15) is 43.2 Å². The first-order chi connectivity index (χ1) is 37.0. The van der Waals surface area contributed by atoms with Crippen molar-refractivity contribution in [1.82, 2.24) is 0 Å². The molecule has 0 spiro atoms. The maximum absolute atomic E-state index is 12.9. The molecule has 0 heterocycles. The molecule has 5 atom stereocenters. The van der Waals surface area contributed by atoms with Crippen LogP contribution in [0, 0.1) is 5.92 Å². The van der Waals surface area contributed by atoms with Gasteiger partial charge in [-0.2, -0.15) is 0 Å². The number of unbranched alkanes of at least 4 members (excludes halogenated alkanes) is 30. The van der Waals surface area contributed by atoms with Crippen LogP contribution < -0.4 is 0 Å². The van der Waals surface area contributed by atoms with Crippen LogP contribution in [-0.2, 0) is 65.4 Å². The fourth-order valence-electron chi connectivity index (χ4n) is 8.52. The van der Waals surface area contributed by atoms with E-state index in [-0.39, 0.29) is 25.7 Å². The molecule has 0 bridgehead atoms. The number of aliphatic hydroxyl groups is 1. The minimum Gasteiger partial charge on any atom is -0.462 e. The predicted octanol–water partition coefficient (Wildman–Crippen LogP) is 15.5. The first-order valence-corrected chi connectivity index (χ1v) is 33.6. The number of phosphoric acid groups is 2. The molecular weight excluding hydrogens is 1030 g/mol. The standard InChI is InChI=1S/C58H112O17P2/c1-6-9-12-15-17-19-20-21-22-23-24-25-27-34-39-44-58(63)75-54(48-69-56(61)42-37-32-29-28-31-35-40-51(4)5)50-73-77(66,67)71-46-52(59)45-70-76(64,65)72-49-53(47-68-55(60)41-36-30-14-11-8-3)74-57(62)43-38-33-26-18-16-13-10-7-2/h51-54,59H,6-50H2,1-5H3,(H,64,65)(H,66,67)/t52-,53+,54+/m0/s1. The molecule has 0 aromatic heterocycles. The van der Waals surface area contributed by atoms with Crippen molar-refractivity contribution in [3.63, 3.8) is 0 Å². The van der Waals surface area contributed by atoms with E-state index in [0.29, 0.717) is 31.6 Å². The number of hydrogen-bond donors (Lipinski definition) is 3. The summed E-state index contributed by atoms with van der Waals surface area (Å²) in [5, 5.41) is 10.5. The SMILES string of the molecule is CCCCCCCCCCCCCCCCCC(=O)O[C@H](COC(=O)CCCCCCCCC(C)C)COP(=O)(O)OC[C@@H](O)COP(=O)(O)OC[C@@H](COC(=O)CCCCCCC)OC(=O)CCCCCCCCCC. The molecule has 0 radical (unpaired) electrons. The number of aliphatic hydroxyl groups excluding tert-OH is 1. The molecule has 2 unspecified atom stereocenters. The van der Waals surface area contributed by atoms with Crippen LogP contribution in [0.2, 0.25) is 0 Å². The zero-order valence-corrected chi connectivity index (χ0v) is 50.9. The van der Waals surface area contributed by atoms with Gasteiger partial charge in [0.2, 0.25) is 0 Å². The molecule has 0 fully saturated rings. The summed E-state index contributed by atoms with van der Waals surface area (Å²) in [6.45, 7) is 6.95. The van der Waals surface area contributed by atoms with Gasteiger partial charge < -0.3 is 33.8 Å². The van der Waals surface area contributed by atoms with Gasteiger partial charge in [0.05, 0.1) is 26.4 Å². The number of carbonyl (C=O) groups excluding carboxylic acids is 4. The third-order valence-corrected chi connectivity index (χ3v) is 15.2. The average molecular weight is 1140 g/mol. The quantitative estimate of drug-likeness (QED) is 0.0222. The van der Waals surface area contributed by atoms with Gasteiger partial charge >= 0.3 is 39.5 Å². The lowest BCUT2D eigenvalue weighted by atomic mass is 10.0. The molecule has 0 rings (SSSR count). The summed E-state index contributed by atoms with van der Waals surface area (Å²) in [6.07, 6.45) is 34.0. The largest absolute Gasteiger partial charge is 0.472 e. The highest BCUT2D eigenvalue weighted by atomic mass is 31.2.